The number of aromatic nitrogens is 1. The van der Waals surface area contributed by atoms with Crippen LogP contribution in [0, 0.1) is 6.92 Å². The molecule has 0 radical (unpaired) electrons. The third-order valence-electron chi connectivity index (χ3n) is 4.33. The Bertz CT molecular complexity index is 711. The van der Waals surface area contributed by atoms with Crippen molar-refractivity contribution in [3.05, 3.63) is 46.3 Å². The molecule has 0 aliphatic carbocycles. The number of amides is 1. The van der Waals surface area contributed by atoms with Crippen LogP contribution in [0.1, 0.15) is 17.9 Å². The lowest BCUT2D eigenvalue weighted by molar-refractivity contribution is -0.116. The molecule has 3 rings (SSSR count). The maximum Gasteiger partial charge on any atom is 0.225 e. The van der Waals surface area contributed by atoms with Crippen molar-refractivity contribution in [2.45, 2.75) is 19.9 Å². The number of aryl methyl sites for hydroxylation is 1. The Hall–Kier alpha value is -1.70. The molecule has 0 saturated carbocycles. The highest BCUT2D eigenvalue weighted by molar-refractivity contribution is 9.10. The first-order valence-electron chi connectivity index (χ1n) is 8.51. The van der Waals surface area contributed by atoms with E-state index in [0.717, 1.165) is 60.9 Å². The number of carbonyl (C=O) groups excluding carboxylic acids is 1. The number of anilines is 1. The Morgan fingerprint density at radius 1 is 1.24 bits per heavy atom. The van der Waals surface area contributed by atoms with Gasteiger partial charge in [0, 0.05) is 56.2 Å². The van der Waals surface area contributed by atoms with E-state index in [4.69, 9.17) is 4.52 Å². The molecule has 1 aliphatic heterocycles. The van der Waals surface area contributed by atoms with E-state index in [1.165, 1.54) is 0 Å². The number of hydrogen-bond acceptors (Lipinski definition) is 5. The van der Waals surface area contributed by atoms with Crippen LogP contribution in [0.3, 0.4) is 0 Å². The minimum Gasteiger partial charge on any atom is -0.361 e. The molecule has 0 spiro atoms. The highest BCUT2D eigenvalue weighted by Gasteiger charge is 2.18. The lowest BCUT2D eigenvalue weighted by Crippen LogP contribution is -2.46. The quantitative estimate of drug-likeness (QED) is 0.798. The van der Waals surface area contributed by atoms with Crippen LogP contribution in [0.4, 0.5) is 5.69 Å². The number of para-hydroxylation sites is 1. The third-order valence-corrected chi connectivity index (χ3v) is 5.02. The molecule has 2 heterocycles. The van der Waals surface area contributed by atoms with Crippen LogP contribution in [0.25, 0.3) is 0 Å². The van der Waals surface area contributed by atoms with Crippen molar-refractivity contribution < 1.29 is 9.32 Å². The standard InChI is InChI=1S/C18H23BrN4O2/c1-14-12-15(21-25-14)13-23-10-8-22(9-11-23)7-6-18(24)20-17-5-3-2-4-16(17)19/h2-5,12H,6-11,13H2,1H3,(H,20,24). The maximum absolute atomic E-state index is 12.1. The summed E-state index contributed by atoms with van der Waals surface area (Å²) in [7, 11) is 0. The summed E-state index contributed by atoms with van der Waals surface area (Å²) in [5.74, 6) is 0.900. The van der Waals surface area contributed by atoms with E-state index in [2.05, 4.69) is 36.2 Å². The van der Waals surface area contributed by atoms with Crippen molar-refractivity contribution >= 4 is 27.5 Å². The number of piperazine rings is 1. The van der Waals surface area contributed by atoms with Gasteiger partial charge in [-0.15, -0.1) is 0 Å². The Balaban J connectivity index is 1.37. The van der Waals surface area contributed by atoms with Crippen molar-refractivity contribution in [3.63, 3.8) is 0 Å². The highest BCUT2D eigenvalue weighted by Crippen LogP contribution is 2.21. The molecule has 1 saturated heterocycles. The predicted octanol–water partition coefficient (Wildman–Crippen LogP) is 2.89. The van der Waals surface area contributed by atoms with Gasteiger partial charge in [-0.05, 0) is 35.0 Å². The van der Waals surface area contributed by atoms with Gasteiger partial charge >= 0.3 is 0 Å². The molecule has 1 fully saturated rings. The zero-order valence-corrected chi connectivity index (χ0v) is 16.0. The summed E-state index contributed by atoms with van der Waals surface area (Å²) in [6.45, 7) is 7.43. The third kappa shape index (κ3) is 5.39. The van der Waals surface area contributed by atoms with Gasteiger partial charge in [0.2, 0.25) is 5.91 Å². The number of hydrogen-bond donors (Lipinski definition) is 1. The first kappa shape index (κ1) is 18.1. The van der Waals surface area contributed by atoms with E-state index in [0.29, 0.717) is 6.42 Å². The lowest BCUT2D eigenvalue weighted by Gasteiger charge is -2.34. The largest absolute Gasteiger partial charge is 0.361 e. The van der Waals surface area contributed by atoms with Crippen molar-refractivity contribution in [2.24, 2.45) is 0 Å². The van der Waals surface area contributed by atoms with Crippen LogP contribution in [-0.2, 0) is 11.3 Å². The molecular weight excluding hydrogens is 384 g/mol. The molecule has 2 aromatic rings. The van der Waals surface area contributed by atoms with Crippen LogP contribution >= 0.6 is 15.9 Å². The molecule has 134 valence electrons. The van der Waals surface area contributed by atoms with Gasteiger partial charge < -0.3 is 14.7 Å². The lowest BCUT2D eigenvalue weighted by atomic mass is 10.2. The van der Waals surface area contributed by atoms with E-state index in [9.17, 15) is 4.79 Å². The number of rotatable bonds is 6. The first-order valence-corrected chi connectivity index (χ1v) is 9.31. The van der Waals surface area contributed by atoms with Gasteiger partial charge in [-0.1, -0.05) is 17.3 Å². The second kappa shape index (κ2) is 8.60. The number of nitrogens with one attached hydrogen (secondary N) is 1. The summed E-state index contributed by atoms with van der Waals surface area (Å²) in [5.41, 5.74) is 1.80. The van der Waals surface area contributed by atoms with Gasteiger partial charge in [-0.3, -0.25) is 9.69 Å². The Kier molecular flexibility index (Phi) is 6.23. The summed E-state index contributed by atoms with van der Waals surface area (Å²) in [5, 5.41) is 7.00. The molecule has 0 bridgehead atoms. The van der Waals surface area contributed by atoms with Crippen LogP contribution in [-0.4, -0.2) is 53.6 Å². The van der Waals surface area contributed by atoms with Gasteiger partial charge in [0.15, 0.2) is 0 Å². The molecular formula is C18H23BrN4O2. The molecule has 0 unspecified atom stereocenters. The Morgan fingerprint density at radius 3 is 2.64 bits per heavy atom. The maximum atomic E-state index is 12.1. The highest BCUT2D eigenvalue weighted by atomic mass is 79.9. The molecule has 1 aromatic carbocycles. The van der Waals surface area contributed by atoms with Crippen LogP contribution in [0.2, 0.25) is 0 Å². The topological polar surface area (TPSA) is 61.6 Å². The molecule has 1 amide bonds. The average molecular weight is 407 g/mol. The second-order valence-electron chi connectivity index (χ2n) is 6.32. The summed E-state index contributed by atoms with van der Waals surface area (Å²) in [4.78, 5) is 16.8. The fourth-order valence-corrected chi connectivity index (χ4v) is 3.31. The normalized spacial score (nSPS) is 16.1. The summed E-state index contributed by atoms with van der Waals surface area (Å²) >= 11 is 3.45. The number of benzene rings is 1. The van der Waals surface area contributed by atoms with Gasteiger partial charge in [0.05, 0.1) is 11.4 Å². The Labute approximate surface area is 156 Å². The van der Waals surface area contributed by atoms with Crippen molar-refractivity contribution in [2.75, 3.05) is 38.0 Å². The van der Waals surface area contributed by atoms with Gasteiger partial charge in [0.1, 0.15) is 5.76 Å². The Morgan fingerprint density at radius 2 is 1.96 bits per heavy atom. The number of halogens is 1. The zero-order chi connectivity index (χ0) is 17.6. The van der Waals surface area contributed by atoms with Gasteiger partial charge in [-0.2, -0.15) is 0 Å². The predicted molar refractivity (Wildman–Crippen MR) is 100 cm³/mol. The minimum atomic E-state index is 0.0485. The van der Waals surface area contributed by atoms with E-state index >= 15 is 0 Å². The fraction of sp³-hybridized carbons (Fsp3) is 0.444. The van der Waals surface area contributed by atoms with Gasteiger partial charge in [-0.25, -0.2) is 0 Å². The minimum absolute atomic E-state index is 0.0485. The second-order valence-corrected chi connectivity index (χ2v) is 7.18. The van der Waals surface area contributed by atoms with Gasteiger partial charge in [0.25, 0.3) is 0 Å². The number of nitrogens with zero attached hydrogens (tertiary/aromatic N) is 3. The van der Waals surface area contributed by atoms with Crippen molar-refractivity contribution in [1.82, 2.24) is 15.0 Å². The average Bonchev–Trinajstić information content (AvgIpc) is 3.01. The van der Waals surface area contributed by atoms with E-state index < -0.39 is 0 Å². The summed E-state index contributed by atoms with van der Waals surface area (Å²) in [6.07, 6.45) is 0.504. The van der Waals surface area contributed by atoms with Crippen molar-refractivity contribution in [1.29, 1.82) is 0 Å². The number of carbonyl (C=O) groups is 1. The summed E-state index contributed by atoms with van der Waals surface area (Å²) < 4.78 is 6.02. The molecule has 1 aromatic heterocycles. The van der Waals surface area contributed by atoms with Crippen LogP contribution < -0.4 is 5.32 Å². The first-order chi connectivity index (χ1) is 12.1. The van der Waals surface area contributed by atoms with Crippen LogP contribution in [0.5, 0.6) is 0 Å². The molecule has 6 nitrogen and oxygen atoms in total. The molecule has 7 heteroatoms. The van der Waals surface area contributed by atoms with E-state index in [-0.39, 0.29) is 5.91 Å². The van der Waals surface area contributed by atoms with Crippen LogP contribution in [0.15, 0.2) is 39.3 Å². The van der Waals surface area contributed by atoms with Crippen molar-refractivity contribution in [3.8, 4) is 0 Å². The molecule has 1 aliphatic rings. The molecule has 25 heavy (non-hydrogen) atoms. The monoisotopic (exact) mass is 406 g/mol. The smallest absolute Gasteiger partial charge is 0.225 e. The molecule has 1 N–H and O–H groups in total. The fourth-order valence-electron chi connectivity index (χ4n) is 2.93. The SMILES string of the molecule is Cc1cc(CN2CCN(CCC(=O)Nc3ccccc3Br)CC2)no1. The molecule has 0 atom stereocenters. The zero-order valence-electron chi connectivity index (χ0n) is 14.4. The van der Waals surface area contributed by atoms with E-state index in [1.807, 2.05) is 37.3 Å². The summed E-state index contributed by atoms with van der Waals surface area (Å²) in [6, 6.07) is 9.64. The van der Waals surface area contributed by atoms with E-state index in [1.54, 1.807) is 0 Å².